The van der Waals surface area contributed by atoms with Crippen molar-refractivity contribution in [3.8, 4) is 0 Å². The van der Waals surface area contributed by atoms with Crippen molar-refractivity contribution in [1.82, 2.24) is 15.0 Å². The first-order chi connectivity index (χ1) is 8.56. The topological polar surface area (TPSA) is 106 Å². The maximum atomic E-state index is 12.1. The van der Waals surface area contributed by atoms with Crippen LogP contribution < -0.4 is 16.0 Å². The number of benzene rings is 1. The lowest BCUT2D eigenvalue weighted by Crippen LogP contribution is -2.37. The summed E-state index contributed by atoms with van der Waals surface area (Å²) in [5.74, 6) is 0. The Kier molecular flexibility index (Phi) is 1.97. The van der Waals surface area contributed by atoms with Gasteiger partial charge in [-0.1, -0.05) is 6.07 Å². The lowest BCUT2D eigenvalue weighted by Gasteiger charge is -2.04. The van der Waals surface area contributed by atoms with Crippen LogP contribution in [0.5, 0.6) is 0 Å². The normalized spacial score (nSPS) is 11.2. The molecule has 0 bridgehead atoms. The highest BCUT2D eigenvalue weighted by molar-refractivity contribution is 5.79. The number of nitrogens with one attached hydrogen (secondary N) is 2. The van der Waals surface area contributed by atoms with Gasteiger partial charge in [0.25, 0.3) is 0 Å². The van der Waals surface area contributed by atoms with Gasteiger partial charge >= 0.3 is 16.8 Å². The van der Waals surface area contributed by atoms with Crippen molar-refractivity contribution < 1.29 is 4.73 Å². The molecule has 3 aromatic rings. The Labute approximate surface area is 99.3 Å². The minimum atomic E-state index is -0.750. The minimum Gasteiger partial charge on any atom is -0.618 e. The zero-order chi connectivity index (χ0) is 12.9. The van der Waals surface area contributed by atoms with E-state index >= 15 is 0 Å². The number of nitrogens with zero attached hydrogens (tertiary/aromatic N) is 2. The third kappa shape index (κ3) is 1.37. The van der Waals surface area contributed by atoms with Crippen molar-refractivity contribution in [1.29, 1.82) is 0 Å². The number of aromatic amines is 2. The van der Waals surface area contributed by atoms with E-state index in [2.05, 4.69) is 9.97 Å². The zero-order valence-electron chi connectivity index (χ0n) is 9.35. The van der Waals surface area contributed by atoms with E-state index < -0.39 is 11.2 Å². The summed E-state index contributed by atoms with van der Waals surface area (Å²) >= 11 is 0. The molecule has 3 rings (SSSR count). The van der Waals surface area contributed by atoms with Crippen LogP contribution >= 0.6 is 0 Å². The van der Waals surface area contributed by atoms with Crippen LogP contribution in [0.3, 0.4) is 0 Å². The molecule has 2 N–H and O–H groups in total. The number of rotatable bonds is 0. The average molecular weight is 244 g/mol. The highest BCUT2D eigenvalue weighted by atomic mass is 16.5. The molecule has 0 aliphatic heterocycles. The summed E-state index contributed by atoms with van der Waals surface area (Å²) < 4.78 is 0.486. The van der Waals surface area contributed by atoms with Crippen LogP contribution in [0.15, 0.2) is 27.8 Å². The quantitative estimate of drug-likeness (QED) is 0.322. The van der Waals surface area contributed by atoms with Gasteiger partial charge in [0.15, 0.2) is 0 Å². The van der Waals surface area contributed by atoms with E-state index in [0.717, 1.165) is 5.56 Å². The molecular formula is C11H8N4O3. The molecule has 0 fully saturated rings. The molecule has 7 heteroatoms. The molecule has 0 aliphatic carbocycles. The van der Waals surface area contributed by atoms with Crippen molar-refractivity contribution in [2.24, 2.45) is 0 Å². The van der Waals surface area contributed by atoms with E-state index in [1.807, 2.05) is 11.9 Å². The van der Waals surface area contributed by atoms with Crippen LogP contribution in [0.2, 0.25) is 0 Å². The second-order valence-electron chi connectivity index (χ2n) is 4.00. The van der Waals surface area contributed by atoms with Gasteiger partial charge in [-0.05, 0) is 18.6 Å². The summed E-state index contributed by atoms with van der Waals surface area (Å²) in [5, 5.41) is 12.1. The zero-order valence-corrected chi connectivity index (χ0v) is 9.35. The Morgan fingerprint density at radius 1 is 1.28 bits per heavy atom. The van der Waals surface area contributed by atoms with E-state index in [1.54, 1.807) is 18.2 Å². The van der Waals surface area contributed by atoms with Crippen LogP contribution in [0.4, 0.5) is 0 Å². The molecule has 2 aromatic heterocycles. The lowest BCUT2D eigenvalue weighted by molar-refractivity contribution is -0.549. The molecule has 1 aromatic carbocycles. The molecule has 0 atom stereocenters. The Morgan fingerprint density at radius 2 is 2.06 bits per heavy atom. The first-order valence-electron chi connectivity index (χ1n) is 5.22. The molecule has 0 amide bonds. The lowest BCUT2D eigenvalue weighted by atomic mass is 10.2. The van der Waals surface area contributed by atoms with Gasteiger partial charge in [0, 0.05) is 6.07 Å². The maximum absolute atomic E-state index is 12.1. The van der Waals surface area contributed by atoms with Crippen molar-refractivity contribution >= 4 is 22.2 Å². The van der Waals surface area contributed by atoms with E-state index in [1.165, 1.54) is 0 Å². The summed E-state index contributed by atoms with van der Waals surface area (Å²) in [6.07, 6.45) is 0. The number of aryl methyl sites for hydroxylation is 1. The Bertz CT molecular complexity index is 894. The van der Waals surface area contributed by atoms with Gasteiger partial charge in [0.05, 0.1) is 0 Å². The summed E-state index contributed by atoms with van der Waals surface area (Å²) in [5.41, 5.74) is -0.0626. The fourth-order valence-corrected chi connectivity index (χ4v) is 1.87. The molecule has 7 nitrogen and oxygen atoms in total. The number of aromatic nitrogens is 4. The highest BCUT2D eigenvalue weighted by Crippen LogP contribution is 2.11. The van der Waals surface area contributed by atoms with Crippen molar-refractivity contribution in [3.63, 3.8) is 0 Å². The fourth-order valence-electron chi connectivity index (χ4n) is 1.87. The van der Waals surface area contributed by atoms with Gasteiger partial charge in [-0.3, -0.25) is 14.8 Å². The Morgan fingerprint density at radius 3 is 2.83 bits per heavy atom. The molecule has 0 saturated heterocycles. The molecule has 18 heavy (non-hydrogen) atoms. The number of hydrogen-bond donors (Lipinski definition) is 2. The van der Waals surface area contributed by atoms with Gasteiger partial charge in [0.2, 0.25) is 11.2 Å². The molecule has 0 aliphatic rings. The van der Waals surface area contributed by atoms with Crippen LogP contribution in [0, 0.1) is 12.1 Å². The van der Waals surface area contributed by atoms with Gasteiger partial charge in [-0.15, -0.1) is 0 Å². The van der Waals surface area contributed by atoms with Gasteiger partial charge in [0.1, 0.15) is 5.52 Å². The largest absolute Gasteiger partial charge is 0.618 e. The molecule has 90 valence electrons. The Hall–Kier alpha value is -2.70. The Balaban J connectivity index is 2.65. The van der Waals surface area contributed by atoms with Crippen molar-refractivity contribution in [2.75, 3.05) is 0 Å². The molecule has 2 heterocycles. The fraction of sp³-hybridized carbons (Fsp3) is 0.0909. The van der Waals surface area contributed by atoms with Crippen molar-refractivity contribution in [2.45, 2.75) is 6.92 Å². The van der Waals surface area contributed by atoms with E-state index in [9.17, 15) is 14.8 Å². The molecule has 0 spiro atoms. The summed E-state index contributed by atoms with van der Waals surface area (Å²) in [7, 11) is 0. The highest BCUT2D eigenvalue weighted by Gasteiger charge is 2.16. The summed E-state index contributed by atoms with van der Waals surface area (Å²) in [4.78, 5) is 31.2. The molecular weight excluding hydrogens is 236 g/mol. The minimum absolute atomic E-state index is 0.0184. The average Bonchev–Trinajstić information content (AvgIpc) is 2.29. The predicted molar refractivity (Wildman–Crippen MR) is 64.2 cm³/mol. The number of fused-ring (bicyclic) bond motifs is 2. The number of hydrogen-bond acceptors (Lipinski definition) is 4. The smallest absolute Gasteiger partial charge is 0.329 e. The van der Waals surface area contributed by atoms with E-state index in [-0.39, 0.29) is 11.2 Å². The molecule has 0 unspecified atom stereocenters. The predicted octanol–water partition coefficient (Wildman–Crippen LogP) is -0.294. The first-order valence-corrected chi connectivity index (χ1v) is 5.22. The number of H-pyrrole nitrogens is 2. The van der Waals surface area contributed by atoms with Gasteiger partial charge in [-0.2, -0.15) is 4.73 Å². The van der Waals surface area contributed by atoms with E-state index in [0.29, 0.717) is 15.8 Å². The standard InChI is InChI=1S/C11H8N4O3/c1-5-2-3-6-7(4-5)15(18)8-9(12-6)13-11(17)14-10(8)16/h2-4H,1H3,(H2,12,13,14,16,17). The van der Waals surface area contributed by atoms with Crippen LogP contribution in [0.1, 0.15) is 5.56 Å². The summed E-state index contributed by atoms with van der Waals surface area (Å²) in [6.45, 7) is 1.83. The van der Waals surface area contributed by atoms with Crippen LogP contribution in [-0.4, -0.2) is 15.0 Å². The second-order valence-corrected chi connectivity index (χ2v) is 4.00. The molecule has 0 radical (unpaired) electrons. The SMILES string of the molecule is Cc1ccc2nc3[nH]c(=O)[nH]c(=O)c3[n+]([O-])c2c1. The van der Waals surface area contributed by atoms with Gasteiger partial charge in [-0.25, -0.2) is 9.78 Å². The summed E-state index contributed by atoms with van der Waals surface area (Å²) in [6, 6.07) is 5.10. The maximum Gasteiger partial charge on any atom is 0.329 e. The second kappa shape index (κ2) is 3.39. The molecule has 0 saturated carbocycles. The third-order valence-corrected chi connectivity index (χ3v) is 2.68. The third-order valence-electron chi connectivity index (χ3n) is 2.68. The van der Waals surface area contributed by atoms with Crippen LogP contribution in [-0.2, 0) is 0 Å². The van der Waals surface area contributed by atoms with Crippen molar-refractivity contribution in [3.05, 3.63) is 49.8 Å². The van der Waals surface area contributed by atoms with E-state index in [4.69, 9.17) is 0 Å². The monoisotopic (exact) mass is 244 g/mol. The van der Waals surface area contributed by atoms with Gasteiger partial charge < -0.3 is 5.21 Å². The first kappa shape index (κ1) is 10.5. The van der Waals surface area contributed by atoms with Crippen LogP contribution in [0.25, 0.3) is 22.2 Å².